The van der Waals surface area contributed by atoms with Crippen molar-refractivity contribution in [2.75, 3.05) is 107 Å². The Balaban J connectivity index is 0.000000204. The van der Waals surface area contributed by atoms with Gasteiger partial charge < -0.3 is 68.6 Å². The van der Waals surface area contributed by atoms with Crippen molar-refractivity contribution in [1.82, 2.24) is 0 Å². The number of fused-ring (bicyclic) bond motifs is 4. The summed E-state index contributed by atoms with van der Waals surface area (Å²) in [6.45, 7) is 11.7. The zero-order valence-electron chi connectivity index (χ0n) is 40.3. The second kappa shape index (κ2) is 28.3. The van der Waals surface area contributed by atoms with Crippen LogP contribution in [0.5, 0.6) is 23.0 Å². The predicted octanol–water partition coefficient (Wildman–Crippen LogP) is 4.46. The molecule has 0 unspecified atom stereocenters. The first-order valence-electron chi connectivity index (χ1n) is 22.6. The van der Waals surface area contributed by atoms with Gasteiger partial charge in [-0.1, -0.05) is 42.0 Å². The van der Waals surface area contributed by atoms with E-state index in [9.17, 15) is 34.4 Å². The number of para-hydroxylation sites is 4. The molecule has 1 N–H and O–H groups in total. The van der Waals surface area contributed by atoms with E-state index >= 15 is 0 Å². The molecule has 0 radical (unpaired) electrons. The van der Waals surface area contributed by atoms with Gasteiger partial charge in [0, 0.05) is 37.5 Å². The van der Waals surface area contributed by atoms with Gasteiger partial charge in [-0.2, -0.15) is 27.3 Å². The highest BCUT2D eigenvalue weighted by Gasteiger charge is 2.29. The molecule has 0 aliphatic heterocycles. The van der Waals surface area contributed by atoms with Gasteiger partial charge in [-0.3, -0.25) is 4.18 Å². The number of hydrogen-bond donors (Lipinski definition) is 1. The van der Waals surface area contributed by atoms with Crippen LogP contribution in [0.15, 0.2) is 102 Å². The lowest BCUT2D eigenvalue weighted by Gasteiger charge is -2.12. The average Bonchev–Trinajstić information content (AvgIpc) is 3.38. The van der Waals surface area contributed by atoms with Crippen LogP contribution in [0.3, 0.4) is 0 Å². The fourth-order valence-corrected chi connectivity index (χ4v) is 7.70. The molecule has 0 saturated carbocycles. The van der Waals surface area contributed by atoms with E-state index in [1.54, 1.807) is 60.7 Å². The van der Waals surface area contributed by atoms with Gasteiger partial charge in [0.1, 0.15) is 6.61 Å². The Hall–Kier alpha value is -6.63. The molecule has 7 rings (SSSR count). The van der Waals surface area contributed by atoms with Gasteiger partial charge in [0.05, 0.1) is 91.8 Å². The molecule has 5 aromatic carbocycles. The van der Waals surface area contributed by atoms with Crippen LogP contribution in [-0.4, -0.2) is 120 Å². The first kappa shape index (κ1) is 55.3. The van der Waals surface area contributed by atoms with Crippen molar-refractivity contribution in [1.29, 1.82) is 0 Å². The maximum Gasteiger partial charge on any atom is 0.332 e. The summed E-state index contributed by atoms with van der Waals surface area (Å²) in [5.74, 6) is 0.717. The summed E-state index contributed by atoms with van der Waals surface area (Å²) in [4.78, 5) is 0.150. The average molecular weight is 1010 g/mol. The Kier molecular flexibility index (Phi) is 22.0. The molecule has 0 amide bonds. The first-order chi connectivity index (χ1) is 34.4. The van der Waals surface area contributed by atoms with Crippen LogP contribution in [0.4, 0.5) is 0 Å². The number of ether oxygens (including phenoxy) is 9. The number of phenols is 1. The number of aromatic nitrogens is 4. The summed E-state index contributed by atoms with van der Waals surface area (Å²) < 4.78 is 78.8. The standard InChI is InChI=1S/C21H26N2O7.C15H24O6S.C13H10N2O4/c1-3-27-10-11-28-12-13-29-14-15-30-19-9-5-7-17-21(19)23(25)16-6-4-8-18(26-2)20(16)22(17)24;1-3-18-8-9-19-10-11-20-12-13-21-22(16,17)15-6-4-14(2)5-7-15;1-19-11-7-3-5-9-13(11)15(18)8-4-2-6-10(16)12(8)14(9)17/h4-9H,3,10-15H2,1-2H3;4-7H,3,8-13H2,1-2H3;2-7,16H,1H3. The molecule has 0 aliphatic carbocycles. The van der Waals surface area contributed by atoms with Gasteiger partial charge in [0.15, 0.2) is 23.0 Å². The van der Waals surface area contributed by atoms with Gasteiger partial charge in [0.25, 0.3) is 32.2 Å². The second-order valence-electron chi connectivity index (χ2n) is 14.9. The van der Waals surface area contributed by atoms with Crippen LogP contribution in [-0.2, 0) is 42.7 Å². The number of nitrogens with zero attached hydrogens (tertiary/aromatic N) is 4. The number of rotatable bonds is 25. The third-order valence-electron chi connectivity index (χ3n) is 10.2. The third kappa shape index (κ3) is 14.9. The van der Waals surface area contributed by atoms with Crippen LogP contribution in [0.2, 0.25) is 0 Å². The SMILES string of the molecule is CCOCCOCCOCCOS(=O)(=O)c1ccc(C)cc1.CCOCCOCCOCCOc1cccc2c1[n+]([O-])c1cccc(OC)c1[n+]2[O-].COc1cccc2c1[n+]([O-])c1cccc(O)c1[n+]2[O-]. The molecule has 2 aromatic heterocycles. The Morgan fingerprint density at radius 3 is 1.24 bits per heavy atom. The van der Waals surface area contributed by atoms with Crippen LogP contribution in [0, 0.1) is 27.8 Å². The summed E-state index contributed by atoms with van der Waals surface area (Å²) >= 11 is 0. The molecule has 22 heteroatoms. The highest BCUT2D eigenvalue weighted by atomic mass is 32.2. The van der Waals surface area contributed by atoms with Gasteiger partial charge in [-0.05, 0) is 57.2 Å². The largest absolute Gasteiger partial charge is 0.617 e. The Morgan fingerprint density at radius 1 is 0.451 bits per heavy atom. The van der Waals surface area contributed by atoms with E-state index in [-0.39, 0.29) is 74.6 Å². The van der Waals surface area contributed by atoms with Crippen LogP contribution in [0.25, 0.3) is 44.1 Å². The molecule has 0 atom stereocenters. The van der Waals surface area contributed by atoms with Crippen molar-refractivity contribution in [3.8, 4) is 23.0 Å². The summed E-state index contributed by atoms with van der Waals surface area (Å²) in [6.07, 6.45) is 0. The van der Waals surface area contributed by atoms with E-state index in [0.29, 0.717) is 109 Å². The smallest absolute Gasteiger partial charge is 0.332 e. The van der Waals surface area contributed by atoms with Crippen molar-refractivity contribution in [3.63, 3.8) is 0 Å². The van der Waals surface area contributed by atoms with Crippen molar-refractivity contribution < 1.29 is 79.3 Å². The molecule has 0 spiro atoms. The van der Waals surface area contributed by atoms with Gasteiger partial charge >= 0.3 is 22.1 Å². The summed E-state index contributed by atoms with van der Waals surface area (Å²) in [5, 5.41) is 60.3. The molecule has 384 valence electrons. The molecule has 2 heterocycles. The topological polar surface area (TPSA) is 254 Å². The van der Waals surface area contributed by atoms with E-state index in [0.717, 1.165) is 5.56 Å². The lowest BCUT2D eigenvalue weighted by molar-refractivity contribution is -0.591. The first-order valence-corrected chi connectivity index (χ1v) is 24.0. The minimum atomic E-state index is -3.71. The van der Waals surface area contributed by atoms with Crippen molar-refractivity contribution >= 4 is 54.3 Å². The van der Waals surface area contributed by atoms with Gasteiger partial charge in [-0.15, -0.1) is 0 Å². The molecule has 21 nitrogen and oxygen atoms in total. The van der Waals surface area contributed by atoms with Crippen molar-refractivity contribution in [2.24, 2.45) is 0 Å². The zero-order chi connectivity index (χ0) is 51.2. The summed E-state index contributed by atoms with van der Waals surface area (Å²) in [6, 6.07) is 25.3. The molecule has 0 bridgehead atoms. The minimum Gasteiger partial charge on any atom is -0.617 e. The molecule has 71 heavy (non-hydrogen) atoms. The molecule has 0 saturated heterocycles. The summed E-state index contributed by atoms with van der Waals surface area (Å²) in [7, 11) is -0.829. The number of benzene rings is 5. The fraction of sp³-hybridized carbons (Fsp3) is 0.388. The van der Waals surface area contributed by atoms with E-state index in [1.807, 2.05) is 20.8 Å². The number of hydrogen-bond acceptors (Lipinski definition) is 17. The molecule has 0 fully saturated rings. The maximum atomic E-state index is 13.0. The lowest BCUT2D eigenvalue weighted by Crippen LogP contribution is -2.39. The zero-order valence-corrected chi connectivity index (χ0v) is 41.1. The number of methoxy groups -OCH3 is 2. The van der Waals surface area contributed by atoms with Gasteiger partial charge in [-0.25, -0.2) is 0 Å². The highest BCUT2D eigenvalue weighted by molar-refractivity contribution is 7.86. The number of aryl methyl sites for hydroxylation is 1. The Labute approximate surface area is 411 Å². The van der Waals surface area contributed by atoms with Crippen LogP contribution < -0.4 is 33.1 Å². The molecular weight excluding hydrogens is 949 g/mol. The van der Waals surface area contributed by atoms with E-state index in [2.05, 4.69) is 0 Å². The monoisotopic (exact) mass is 1010 g/mol. The van der Waals surface area contributed by atoms with E-state index in [4.69, 9.17) is 46.8 Å². The Bertz CT molecular complexity index is 2890. The number of aromatic hydroxyl groups is 1. The molecular formula is C49H60N4O17S. The van der Waals surface area contributed by atoms with E-state index < -0.39 is 10.1 Å². The third-order valence-corrected chi connectivity index (χ3v) is 11.5. The second-order valence-corrected chi connectivity index (χ2v) is 16.5. The van der Waals surface area contributed by atoms with Gasteiger partial charge in [0.2, 0.25) is 0 Å². The van der Waals surface area contributed by atoms with Crippen LogP contribution in [0.1, 0.15) is 19.4 Å². The molecule has 7 aromatic rings. The highest BCUT2D eigenvalue weighted by Crippen LogP contribution is 2.27. The quantitative estimate of drug-likeness (QED) is 0.0273. The fourth-order valence-electron chi connectivity index (χ4n) is 6.81. The number of phenolic OH excluding ortho intramolecular Hbond substituents is 1. The minimum absolute atomic E-state index is 0.0187. The van der Waals surface area contributed by atoms with Crippen molar-refractivity contribution in [2.45, 2.75) is 25.7 Å². The molecule has 0 aliphatic rings. The maximum absolute atomic E-state index is 13.0. The normalized spacial score (nSPS) is 11.3. The lowest BCUT2D eigenvalue weighted by atomic mass is 10.2. The predicted molar refractivity (Wildman–Crippen MR) is 260 cm³/mol. The summed E-state index contributed by atoms with van der Waals surface area (Å²) in [5.41, 5.74) is 2.04. The van der Waals surface area contributed by atoms with E-state index in [1.165, 1.54) is 50.6 Å². The van der Waals surface area contributed by atoms with Crippen LogP contribution >= 0.6 is 0 Å². The van der Waals surface area contributed by atoms with Crippen molar-refractivity contribution in [3.05, 3.63) is 123 Å². The Morgan fingerprint density at radius 2 is 0.803 bits per heavy atom.